The van der Waals surface area contributed by atoms with Gasteiger partial charge in [0.05, 0.1) is 0 Å². The molecule has 1 fully saturated rings. The van der Waals surface area contributed by atoms with Crippen molar-refractivity contribution in [1.82, 2.24) is 4.90 Å². The van der Waals surface area contributed by atoms with Gasteiger partial charge in [-0.3, -0.25) is 0 Å². The predicted octanol–water partition coefficient (Wildman–Crippen LogP) is 1.37. The van der Waals surface area contributed by atoms with Crippen LogP contribution in [0.25, 0.3) is 0 Å². The van der Waals surface area contributed by atoms with Crippen LogP contribution in [0.3, 0.4) is 0 Å². The van der Waals surface area contributed by atoms with Crippen LogP contribution in [0.15, 0.2) is 13.2 Å². The molecule has 0 radical (unpaired) electrons. The Morgan fingerprint density at radius 1 is 1.60 bits per heavy atom. The molecule has 0 spiro atoms. The van der Waals surface area contributed by atoms with Crippen molar-refractivity contribution < 1.29 is 0 Å². The summed E-state index contributed by atoms with van der Waals surface area (Å²) >= 11 is 0. The van der Waals surface area contributed by atoms with E-state index in [9.17, 15) is 0 Å². The first-order valence-corrected chi connectivity index (χ1v) is 3.47. The van der Waals surface area contributed by atoms with Crippen molar-refractivity contribution in [2.75, 3.05) is 20.1 Å². The third-order valence-electron chi connectivity index (χ3n) is 1.63. The van der Waals surface area contributed by atoms with Gasteiger partial charge in [-0.2, -0.15) is 0 Å². The average Bonchev–Trinajstić information content (AvgIpc) is 2.40. The fraction of sp³-hybridized carbons (Fsp3) is 0.556. The first-order valence-electron chi connectivity index (χ1n) is 3.47. The summed E-state index contributed by atoms with van der Waals surface area (Å²) < 4.78 is 0. The second-order valence-electron chi connectivity index (χ2n) is 2.41. The summed E-state index contributed by atoms with van der Waals surface area (Å²) in [7, 11) is 2.11. The molecule has 0 amide bonds. The van der Waals surface area contributed by atoms with E-state index in [-0.39, 0.29) is 0 Å². The monoisotopic (exact) mass is 137 g/mol. The maximum Gasteiger partial charge on any atom is 0.0339 e. The van der Waals surface area contributed by atoms with Gasteiger partial charge in [0.1, 0.15) is 0 Å². The van der Waals surface area contributed by atoms with Crippen molar-refractivity contribution in [2.45, 2.75) is 6.42 Å². The van der Waals surface area contributed by atoms with E-state index in [1.54, 1.807) is 0 Å². The van der Waals surface area contributed by atoms with E-state index < -0.39 is 0 Å². The SMILES string of the molecule is C#CC1CCN(C)C1.C=C. The fourth-order valence-corrected chi connectivity index (χ4v) is 1.07. The Hall–Kier alpha value is -0.740. The summed E-state index contributed by atoms with van der Waals surface area (Å²) in [5.41, 5.74) is 0. The molecule has 1 unspecified atom stereocenters. The molecule has 56 valence electrons. The molecule has 1 heteroatoms. The molecule has 1 aliphatic rings. The first-order chi connectivity index (χ1) is 4.83. The number of rotatable bonds is 0. The standard InChI is InChI=1S/C7H11N.C2H4/c1-3-7-4-5-8(2)6-7;1-2/h1,7H,4-6H2,2H3;1-2H2. The van der Waals surface area contributed by atoms with Crippen LogP contribution in [0.2, 0.25) is 0 Å². The molecule has 1 heterocycles. The third-order valence-corrected chi connectivity index (χ3v) is 1.63. The van der Waals surface area contributed by atoms with Gasteiger partial charge in [0.15, 0.2) is 0 Å². The minimum absolute atomic E-state index is 0.528. The van der Waals surface area contributed by atoms with Gasteiger partial charge < -0.3 is 4.90 Å². The zero-order chi connectivity index (χ0) is 7.98. The molecule has 1 saturated heterocycles. The van der Waals surface area contributed by atoms with E-state index in [1.807, 2.05) is 0 Å². The highest BCUT2D eigenvalue weighted by atomic mass is 15.1. The molecule has 0 aliphatic carbocycles. The third kappa shape index (κ3) is 2.70. The average molecular weight is 137 g/mol. The quantitative estimate of drug-likeness (QED) is 0.360. The Balaban J connectivity index is 0.000000371. The van der Waals surface area contributed by atoms with Crippen LogP contribution >= 0.6 is 0 Å². The first kappa shape index (κ1) is 9.26. The van der Waals surface area contributed by atoms with E-state index in [4.69, 9.17) is 6.42 Å². The van der Waals surface area contributed by atoms with Crippen molar-refractivity contribution in [2.24, 2.45) is 5.92 Å². The summed E-state index contributed by atoms with van der Waals surface area (Å²) in [5, 5.41) is 0. The normalized spacial score (nSPS) is 24.6. The van der Waals surface area contributed by atoms with Gasteiger partial charge >= 0.3 is 0 Å². The fourth-order valence-electron chi connectivity index (χ4n) is 1.07. The van der Waals surface area contributed by atoms with Gasteiger partial charge in [0.25, 0.3) is 0 Å². The zero-order valence-corrected chi connectivity index (χ0v) is 6.64. The molecule has 0 aromatic rings. The lowest BCUT2D eigenvalue weighted by molar-refractivity contribution is 0.410. The second kappa shape index (κ2) is 5.08. The van der Waals surface area contributed by atoms with E-state index >= 15 is 0 Å². The van der Waals surface area contributed by atoms with Gasteiger partial charge in [0.2, 0.25) is 0 Å². The van der Waals surface area contributed by atoms with Crippen molar-refractivity contribution >= 4 is 0 Å². The minimum Gasteiger partial charge on any atom is -0.305 e. The zero-order valence-electron chi connectivity index (χ0n) is 6.64. The summed E-state index contributed by atoms with van der Waals surface area (Å²) in [6, 6.07) is 0. The number of terminal acetylenes is 1. The largest absolute Gasteiger partial charge is 0.305 e. The van der Waals surface area contributed by atoms with Gasteiger partial charge in [-0.05, 0) is 20.0 Å². The molecule has 10 heavy (non-hydrogen) atoms. The Morgan fingerprint density at radius 2 is 2.20 bits per heavy atom. The molecule has 0 N–H and O–H groups in total. The summed E-state index contributed by atoms with van der Waals surface area (Å²) in [6.45, 7) is 8.27. The van der Waals surface area contributed by atoms with Crippen LogP contribution in [-0.4, -0.2) is 25.0 Å². The highest BCUT2D eigenvalue weighted by Crippen LogP contribution is 2.11. The molecule has 1 atom stereocenters. The molecular formula is C9H15N. The van der Waals surface area contributed by atoms with Gasteiger partial charge in [0, 0.05) is 12.5 Å². The van der Waals surface area contributed by atoms with Crippen molar-refractivity contribution in [3.63, 3.8) is 0 Å². The van der Waals surface area contributed by atoms with Crippen LogP contribution in [0.5, 0.6) is 0 Å². The van der Waals surface area contributed by atoms with Crippen LogP contribution in [0.1, 0.15) is 6.42 Å². The molecular weight excluding hydrogens is 122 g/mol. The van der Waals surface area contributed by atoms with Crippen LogP contribution < -0.4 is 0 Å². The summed E-state index contributed by atoms with van der Waals surface area (Å²) in [6.07, 6.45) is 6.41. The molecule has 1 aliphatic heterocycles. The van der Waals surface area contributed by atoms with Crippen LogP contribution in [0.4, 0.5) is 0 Å². The molecule has 0 saturated carbocycles. The topological polar surface area (TPSA) is 3.24 Å². The lowest BCUT2D eigenvalue weighted by atomic mass is 10.1. The van der Waals surface area contributed by atoms with Gasteiger partial charge in [-0.15, -0.1) is 25.5 Å². The summed E-state index contributed by atoms with van der Waals surface area (Å²) in [5.74, 6) is 3.28. The molecule has 0 aromatic carbocycles. The van der Waals surface area contributed by atoms with E-state index in [2.05, 4.69) is 31.0 Å². The van der Waals surface area contributed by atoms with Gasteiger partial charge in [-0.25, -0.2) is 0 Å². The molecule has 0 aromatic heterocycles. The Bertz CT molecular complexity index is 123. The molecule has 0 bridgehead atoms. The number of likely N-dealkylation sites (tertiary alicyclic amines) is 1. The van der Waals surface area contributed by atoms with Crippen molar-refractivity contribution in [1.29, 1.82) is 0 Å². The maximum absolute atomic E-state index is 5.22. The van der Waals surface area contributed by atoms with E-state index in [0.717, 1.165) is 6.54 Å². The minimum atomic E-state index is 0.528. The smallest absolute Gasteiger partial charge is 0.0339 e. The molecule has 1 rings (SSSR count). The number of hydrogen-bond acceptors (Lipinski definition) is 1. The lowest BCUT2D eigenvalue weighted by Gasteiger charge is -2.03. The maximum atomic E-state index is 5.22. The van der Waals surface area contributed by atoms with E-state index in [1.165, 1.54) is 13.0 Å². The van der Waals surface area contributed by atoms with Gasteiger partial charge in [-0.1, -0.05) is 0 Å². The lowest BCUT2D eigenvalue weighted by Crippen LogP contribution is -2.13. The number of hydrogen-bond donors (Lipinski definition) is 0. The van der Waals surface area contributed by atoms with Crippen LogP contribution in [0, 0.1) is 18.3 Å². The van der Waals surface area contributed by atoms with Crippen molar-refractivity contribution in [3.8, 4) is 12.3 Å². The Labute approximate surface area is 63.7 Å². The number of nitrogens with zero attached hydrogens (tertiary/aromatic N) is 1. The van der Waals surface area contributed by atoms with Crippen molar-refractivity contribution in [3.05, 3.63) is 13.2 Å². The highest BCUT2D eigenvalue weighted by Gasteiger charge is 2.15. The second-order valence-corrected chi connectivity index (χ2v) is 2.41. The molecule has 1 nitrogen and oxygen atoms in total. The highest BCUT2D eigenvalue weighted by molar-refractivity contribution is 4.97. The van der Waals surface area contributed by atoms with Crippen LogP contribution in [-0.2, 0) is 0 Å². The van der Waals surface area contributed by atoms with E-state index in [0.29, 0.717) is 5.92 Å². The Morgan fingerprint density at radius 3 is 2.40 bits per heavy atom. The Kier molecular flexibility index (Phi) is 4.70. The summed E-state index contributed by atoms with van der Waals surface area (Å²) in [4.78, 5) is 2.27. The predicted molar refractivity (Wildman–Crippen MR) is 45.7 cm³/mol.